The smallest absolute Gasteiger partial charge is 0.246 e. The molecule has 0 radical (unpaired) electrons. The normalized spacial score (nSPS) is 16.2. The van der Waals surface area contributed by atoms with Crippen LogP contribution >= 0.6 is 11.8 Å². The van der Waals surface area contributed by atoms with Crippen LogP contribution in [0.4, 0.5) is 0 Å². The van der Waals surface area contributed by atoms with Gasteiger partial charge in [0, 0.05) is 0 Å². The number of Topliss-reactive ketones (excluding diaryl/α,β-unsaturated/α-hetero) is 1. The molecular weight excluding hydrogens is 452 g/mol. The van der Waals surface area contributed by atoms with Gasteiger partial charge in [0.2, 0.25) is 11.8 Å². The first-order valence-electron chi connectivity index (χ1n) is 12.7. The SMILES string of the molecule is CCCC[C@H](NC(=O)[C@H](CC(C)C)NC(=O)COC1CCCCC1)C(=O)CSCc1ccco1. The van der Waals surface area contributed by atoms with Crippen LogP contribution in [0.15, 0.2) is 22.8 Å². The molecule has 0 unspecified atom stereocenters. The molecule has 192 valence electrons. The molecule has 1 aromatic heterocycles. The van der Waals surface area contributed by atoms with E-state index in [4.69, 9.17) is 9.15 Å². The molecule has 2 rings (SSSR count). The number of rotatable bonds is 16. The van der Waals surface area contributed by atoms with Gasteiger partial charge >= 0.3 is 0 Å². The molecule has 2 atom stereocenters. The molecule has 1 aromatic rings. The van der Waals surface area contributed by atoms with Crippen LogP contribution in [0.2, 0.25) is 0 Å². The Morgan fingerprint density at radius 2 is 1.91 bits per heavy atom. The van der Waals surface area contributed by atoms with Gasteiger partial charge in [0.1, 0.15) is 18.4 Å². The monoisotopic (exact) mass is 494 g/mol. The average molecular weight is 495 g/mol. The maximum atomic E-state index is 13.1. The van der Waals surface area contributed by atoms with Gasteiger partial charge in [-0.25, -0.2) is 0 Å². The molecule has 34 heavy (non-hydrogen) atoms. The Bertz CT molecular complexity index is 732. The van der Waals surface area contributed by atoms with E-state index in [2.05, 4.69) is 17.6 Å². The van der Waals surface area contributed by atoms with Crippen LogP contribution in [0.25, 0.3) is 0 Å². The van der Waals surface area contributed by atoms with Crippen molar-refractivity contribution in [1.82, 2.24) is 10.6 Å². The van der Waals surface area contributed by atoms with E-state index in [0.29, 0.717) is 24.3 Å². The van der Waals surface area contributed by atoms with E-state index in [0.717, 1.165) is 44.3 Å². The van der Waals surface area contributed by atoms with Crippen molar-refractivity contribution < 1.29 is 23.5 Å². The number of furan rings is 1. The fourth-order valence-electron chi connectivity index (χ4n) is 4.11. The van der Waals surface area contributed by atoms with Gasteiger partial charge in [0.15, 0.2) is 5.78 Å². The number of carbonyl (C=O) groups excluding carboxylic acids is 3. The summed E-state index contributed by atoms with van der Waals surface area (Å²) in [4.78, 5) is 38.5. The lowest BCUT2D eigenvalue weighted by Gasteiger charge is -2.25. The van der Waals surface area contributed by atoms with Gasteiger partial charge in [-0.15, -0.1) is 11.8 Å². The zero-order valence-corrected chi connectivity index (χ0v) is 21.8. The molecule has 1 heterocycles. The van der Waals surface area contributed by atoms with Crippen molar-refractivity contribution in [3.05, 3.63) is 24.2 Å². The quantitative estimate of drug-likeness (QED) is 0.348. The number of hydrogen-bond donors (Lipinski definition) is 2. The largest absolute Gasteiger partial charge is 0.468 e. The minimum atomic E-state index is -0.685. The number of nitrogens with one attached hydrogen (secondary N) is 2. The van der Waals surface area contributed by atoms with Crippen LogP contribution in [0.3, 0.4) is 0 Å². The molecule has 0 spiro atoms. The molecule has 0 bridgehead atoms. The summed E-state index contributed by atoms with van der Waals surface area (Å²) in [6.07, 6.45) is 10.1. The standard InChI is InChI=1S/C26H42N2O5S/c1-4-5-13-22(24(29)18-34-17-21-12-9-14-32-21)28-26(31)23(15-19(2)3)27-25(30)16-33-20-10-7-6-8-11-20/h9,12,14,19-20,22-23H,4-8,10-11,13,15-18H2,1-3H3,(H,27,30)(H,28,31)/t22-,23-/m0/s1. The first-order valence-corrected chi connectivity index (χ1v) is 13.9. The van der Waals surface area contributed by atoms with Crippen LogP contribution in [0.1, 0.15) is 84.3 Å². The van der Waals surface area contributed by atoms with Gasteiger partial charge in [0.25, 0.3) is 0 Å². The predicted molar refractivity (Wildman–Crippen MR) is 136 cm³/mol. The predicted octanol–water partition coefficient (Wildman–Crippen LogP) is 4.64. The topological polar surface area (TPSA) is 97.6 Å². The summed E-state index contributed by atoms with van der Waals surface area (Å²) < 4.78 is 11.1. The third kappa shape index (κ3) is 11.1. The van der Waals surface area contributed by atoms with Gasteiger partial charge in [-0.1, -0.05) is 52.9 Å². The van der Waals surface area contributed by atoms with Crippen LogP contribution in [0.5, 0.6) is 0 Å². The van der Waals surface area contributed by atoms with E-state index in [9.17, 15) is 14.4 Å². The number of hydrogen-bond acceptors (Lipinski definition) is 6. The molecule has 2 amide bonds. The molecule has 7 nitrogen and oxygen atoms in total. The molecule has 8 heteroatoms. The molecule has 1 aliphatic carbocycles. The number of ether oxygens (including phenoxy) is 1. The molecule has 0 saturated heterocycles. The lowest BCUT2D eigenvalue weighted by atomic mass is 9.98. The highest BCUT2D eigenvalue weighted by molar-refractivity contribution is 7.99. The fourth-order valence-corrected chi connectivity index (χ4v) is 4.98. The van der Waals surface area contributed by atoms with Gasteiger partial charge < -0.3 is 19.8 Å². The highest BCUT2D eigenvalue weighted by Crippen LogP contribution is 2.20. The van der Waals surface area contributed by atoms with Crippen molar-refractivity contribution in [2.75, 3.05) is 12.4 Å². The molecule has 0 aromatic carbocycles. The van der Waals surface area contributed by atoms with Crippen molar-refractivity contribution >= 4 is 29.4 Å². The number of ketones is 1. The number of amides is 2. The Kier molecular flexibility index (Phi) is 13.4. The number of carbonyl (C=O) groups is 3. The van der Waals surface area contributed by atoms with Crippen molar-refractivity contribution in [2.45, 2.75) is 102 Å². The summed E-state index contributed by atoms with van der Waals surface area (Å²) in [5.41, 5.74) is 0. The van der Waals surface area contributed by atoms with Gasteiger partial charge in [-0.2, -0.15) is 0 Å². The first-order chi connectivity index (χ1) is 16.4. The molecular formula is C26H42N2O5S. The third-order valence-corrected chi connectivity index (χ3v) is 6.96. The Balaban J connectivity index is 1.89. The second-order valence-corrected chi connectivity index (χ2v) is 10.5. The average Bonchev–Trinajstić information content (AvgIpc) is 3.33. The second kappa shape index (κ2) is 16.0. The lowest BCUT2D eigenvalue weighted by molar-refractivity contribution is -0.134. The van der Waals surface area contributed by atoms with E-state index >= 15 is 0 Å². The molecule has 1 aliphatic rings. The van der Waals surface area contributed by atoms with E-state index in [1.807, 2.05) is 26.0 Å². The number of unbranched alkanes of at least 4 members (excludes halogenated alkanes) is 1. The minimum Gasteiger partial charge on any atom is -0.468 e. The van der Waals surface area contributed by atoms with E-state index in [1.165, 1.54) is 18.2 Å². The van der Waals surface area contributed by atoms with E-state index in [1.54, 1.807) is 6.26 Å². The Morgan fingerprint density at radius 1 is 1.15 bits per heavy atom. The zero-order valence-electron chi connectivity index (χ0n) is 21.0. The summed E-state index contributed by atoms with van der Waals surface area (Å²) in [5, 5.41) is 5.78. The second-order valence-electron chi connectivity index (χ2n) is 9.56. The first kappa shape index (κ1) is 28.4. The molecule has 0 aliphatic heterocycles. The fraction of sp³-hybridized carbons (Fsp3) is 0.731. The minimum absolute atomic E-state index is 0.00592. The van der Waals surface area contributed by atoms with Crippen molar-refractivity contribution in [2.24, 2.45) is 5.92 Å². The van der Waals surface area contributed by atoms with E-state index in [-0.39, 0.29) is 36.2 Å². The van der Waals surface area contributed by atoms with Gasteiger partial charge in [-0.3, -0.25) is 14.4 Å². The molecule has 1 fully saturated rings. The van der Waals surface area contributed by atoms with Crippen molar-refractivity contribution in [3.63, 3.8) is 0 Å². The molecule has 1 saturated carbocycles. The van der Waals surface area contributed by atoms with Crippen LogP contribution in [0, 0.1) is 5.92 Å². The zero-order chi connectivity index (χ0) is 24.8. The summed E-state index contributed by atoms with van der Waals surface area (Å²) in [5.74, 6) is 1.35. The summed E-state index contributed by atoms with van der Waals surface area (Å²) >= 11 is 1.48. The third-order valence-electron chi connectivity index (χ3n) is 5.98. The van der Waals surface area contributed by atoms with Gasteiger partial charge in [-0.05, 0) is 43.7 Å². The highest BCUT2D eigenvalue weighted by atomic mass is 32.2. The lowest BCUT2D eigenvalue weighted by Crippen LogP contribution is -2.53. The van der Waals surface area contributed by atoms with Crippen molar-refractivity contribution in [1.29, 1.82) is 0 Å². The summed E-state index contributed by atoms with van der Waals surface area (Å²) in [6, 6.07) is 2.47. The Morgan fingerprint density at radius 3 is 2.56 bits per heavy atom. The van der Waals surface area contributed by atoms with E-state index < -0.39 is 12.1 Å². The van der Waals surface area contributed by atoms with Crippen molar-refractivity contribution in [3.8, 4) is 0 Å². The molecule has 2 N–H and O–H groups in total. The summed E-state index contributed by atoms with van der Waals surface area (Å²) in [6.45, 7) is 6.04. The van der Waals surface area contributed by atoms with Crippen LogP contribution in [-0.2, 0) is 24.9 Å². The Hall–Kier alpha value is -1.80. The number of thioether (sulfide) groups is 1. The van der Waals surface area contributed by atoms with Gasteiger partial charge in [0.05, 0.1) is 29.9 Å². The maximum Gasteiger partial charge on any atom is 0.246 e. The highest BCUT2D eigenvalue weighted by Gasteiger charge is 2.27. The van der Waals surface area contributed by atoms with Crippen LogP contribution < -0.4 is 10.6 Å². The Labute approximate surface area is 208 Å². The summed E-state index contributed by atoms with van der Waals surface area (Å²) in [7, 11) is 0. The maximum absolute atomic E-state index is 13.1. The van der Waals surface area contributed by atoms with Crippen LogP contribution in [-0.4, -0.2) is 48.1 Å².